The minimum atomic E-state index is 0.0222. The van der Waals surface area contributed by atoms with Crippen molar-refractivity contribution in [3.8, 4) is 0 Å². The van der Waals surface area contributed by atoms with E-state index in [1.54, 1.807) is 0 Å². The van der Waals surface area contributed by atoms with Crippen molar-refractivity contribution in [1.29, 1.82) is 0 Å². The lowest BCUT2D eigenvalue weighted by Gasteiger charge is -2.39. The average Bonchev–Trinajstić information content (AvgIpc) is 3.24. The number of carbonyl (C=O) groups excluding carboxylic acids is 1. The fourth-order valence-electron chi connectivity index (χ4n) is 4.55. The molecule has 5 nitrogen and oxygen atoms in total. The summed E-state index contributed by atoms with van der Waals surface area (Å²) in [5.41, 5.74) is 1.59. The van der Waals surface area contributed by atoms with Gasteiger partial charge in [-0.1, -0.05) is 27.2 Å². The summed E-state index contributed by atoms with van der Waals surface area (Å²) in [6, 6.07) is 0.353. The zero-order valence-electron chi connectivity index (χ0n) is 16.2. The molecule has 2 aliphatic rings. The highest BCUT2D eigenvalue weighted by atomic mass is 16.2. The molecule has 1 aromatic heterocycles. The van der Waals surface area contributed by atoms with Crippen LogP contribution in [0.1, 0.15) is 64.4 Å². The van der Waals surface area contributed by atoms with Gasteiger partial charge in [0.1, 0.15) is 0 Å². The fourth-order valence-corrected chi connectivity index (χ4v) is 4.55. The van der Waals surface area contributed by atoms with E-state index in [9.17, 15) is 4.79 Å². The van der Waals surface area contributed by atoms with Crippen LogP contribution in [0.15, 0.2) is 12.4 Å². The average molecular weight is 347 g/mol. The number of hydrogen-bond acceptors (Lipinski definition) is 3. The Labute approximate surface area is 151 Å². The molecule has 2 fully saturated rings. The normalized spacial score (nSPS) is 30.4. The zero-order chi connectivity index (χ0) is 18.0. The molecule has 25 heavy (non-hydrogen) atoms. The maximum absolute atomic E-state index is 12.9. The van der Waals surface area contributed by atoms with E-state index in [0.29, 0.717) is 11.5 Å². The lowest BCUT2D eigenvalue weighted by molar-refractivity contribution is -0.125. The Balaban J connectivity index is 1.54. The third-order valence-electron chi connectivity index (χ3n) is 6.79. The third-order valence-corrected chi connectivity index (χ3v) is 6.79. The van der Waals surface area contributed by atoms with E-state index >= 15 is 0 Å². The second-order valence-electron chi connectivity index (χ2n) is 8.72. The van der Waals surface area contributed by atoms with Gasteiger partial charge in [0.25, 0.3) is 0 Å². The number of aryl methyl sites for hydroxylation is 1. The molecule has 1 aliphatic heterocycles. The second kappa shape index (κ2) is 7.48. The van der Waals surface area contributed by atoms with Crippen LogP contribution in [-0.4, -0.2) is 34.8 Å². The molecule has 0 unspecified atom stereocenters. The number of rotatable bonds is 5. The Bertz CT molecular complexity index is 586. The van der Waals surface area contributed by atoms with Crippen molar-refractivity contribution in [1.82, 2.24) is 20.4 Å². The third kappa shape index (κ3) is 4.08. The monoisotopic (exact) mass is 346 g/mol. The summed E-state index contributed by atoms with van der Waals surface area (Å²) in [5.74, 6) is 1.28. The van der Waals surface area contributed by atoms with E-state index in [4.69, 9.17) is 0 Å². The van der Waals surface area contributed by atoms with E-state index in [0.717, 1.165) is 31.8 Å². The van der Waals surface area contributed by atoms with Gasteiger partial charge < -0.3 is 10.6 Å². The van der Waals surface area contributed by atoms with Gasteiger partial charge in [0, 0.05) is 38.3 Å². The SMILES string of the molecule is CCC(C)(C)C1CCC(NC(=O)[C@H]2CNC[C@@H]2c2cnn(C)c2)CC1. The Morgan fingerprint density at radius 2 is 2.04 bits per heavy atom. The second-order valence-corrected chi connectivity index (χ2v) is 8.72. The quantitative estimate of drug-likeness (QED) is 0.862. The first-order valence-electron chi connectivity index (χ1n) is 9.90. The molecular weight excluding hydrogens is 312 g/mol. The van der Waals surface area contributed by atoms with Crippen LogP contribution in [0, 0.1) is 17.3 Å². The Morgan fingerprint density at radius 1 is 1.32 bits per heavy atom. The summed E-state index contributed by atoms with van der Waals surface area (Å²) in [7, 11) is 1.93. The molecular formula is C20H34N4O. The smallest absolute Gasteiger partial charge is 0.225 e. The number of aromatic nitrogens is 2. The van der Waals surface area contributed by atoms with Crippen LogP contribution in [0.4, 0.5) is 0 Å². The maximum Gasteiger partial charge on any atom is 0.225 e. The van der Waals surface area contributed by atoms with Crippen LogP contribution in [0.25, 0.3) is 0 Å². The van der Waals surface area contributed by atoms with Crippen molar-refractivity contribution in [2.45, 2.75) is 64.8 Å². The Hall–Kier alpha value is -1.36. The van der Waals surface area contributed by atoms with Gasteiger partial charge in [-0.3, -0.25) is 9.48 Å². The summed E-state index contributed by atoms with van der Waals surface area (Å²) < 4.78 is 1.82. The molecule has 1 aromatic rings. The molecule has 1 saturated carbocycles. The largest absolute Gasteiger partial charge is 0.353 e. The molecule has 3 rings (SSSR count). The van der Waals surface area contributed by atoms with Crippen molar-refractivity contribution in [3.05, 3.63) is 18.0 Å². The lowest BCUT2D eigenvalue weighted by atomic mass is 9.69. The minimum Gasteiger partial charge on any atom is -0.353 e. The van der Waals surface area contributed by atoms with Crippen molar-refractivity contribution in [3.63, 3.8) is 0 Å². The number of carbonyl (C=O) groups is 1. The molecule has 2 atom stereocenters. The molecule has 1 aliphatic carbocycles. The molecule has 1 saturated heterocycles. The van der Waals surface area contributed by atoms with Crippen molar-refractivity contribution in [2.24, 2.45) is 24.3 Å². The van der Waals surface area contributed by atoms with Crippen LogP contribution in [-0.2, 0) is 11.8 Å². The van der Waals surface area contributed by atoms with Gasteiger partial charge in [-0.15, -0.1) is 0 Å². The summed E-state index contributed by atoms with van der Waals surface area (Å²) in [5, 5.41) is 11.0. The topological polar surface area (TPSA) is 59.0 Å². The first-order chi connectivity index (χ1) is 11.9. The van der Waals surface area contributed by atoms with Crippen LogP contribution in [0.3, 0.4) is 0 Å². The fraction of sp³-hybridized carbons (Fsp3) is 0.800. The summed E-state index contributed by atoms with van der Waals surface area (Å²) >= 11 is 0. The van der Waals surface area contributed by atoms with Gasteiger partial charge in [-0.25, -0.2) is 0 Å². The molecule has 2 heterocycles. The van der Waals surface area contributed by atoms with Crippen LogP contribution < -0.4 is 10.6 Å². The summed E-state index contributed by atoms with van der Waals surface area (Å²) in [4.78, 5) is 12.9. The highest BCUT2D eigenvalue weighted by molar-refractivity contribution is 5.80. The molecule has 5 heteroatoms. The predicted molar refractivity (Wildman–Crippen MR) is 100 cm³/mol. The Morgan fingerprint density at radius 3 is 2.64 bits per heavy atom. The van der Waals surface area contributed by atoms with E-state index in [2.05, 4.69) is 36.5 Å². The van der Waals surface area contributed by atoms with Crippen molar-refractivity contribution < 1.29 is 4.79 Å². The number of hydrogen-bond donors (Lipinski definition) is 2. The van der Waals surface area contributed by atoms with Crippen LogP contribution in [0.5, 0.6) is 0 Å². The van der Waals surface area contributed by atoms with Crippen LogP contribution >= 0.6 is 0 Å². The molecule has 0 bridgehead atoms. The number of nitrogens with zero attached hydrogens (tertiary/aromatic N) is 2. The van der Waals surface area contributed by atoms with Gasteiger partial charge in [0.2, 0.25) is 5.91 Å². The predicted octanol–water partition coefficient (Wildman–Crippen LogP) is 2.83. The first-order valence-corrected chi connectivity index (χ1v) is 9.90. The van der Waals surface area contributed by atoms with E-state index < -0.39 is 0 Å². The molecule has 2 N–H and O–H groups in total. The zero-order valence-corrected chi connectivity index (χ0v) is 16.2. The summed E-state index contributed by atoms with van der Waals surface area (Å²) in [6.45, 7) is 8.70. The van der Waals surface area contributed by atoms with E-state index in [1.807, 2.05) is 24.1 Å². The van der Waals surface area contributed by atoms with Gasteiger partial charge >= 0.3 is 0 Å². The molecule has 0 aromatic carbocycles. The number of nitrogens with one attached hydrogen (secondary N) is 2. The molecule has 0 spiro atoms. The highest BCUT2D eigenvalue weighted by Crippen LogP contribution is 2.40. The number of amides is 1. The molecule has 140 valence electrons. The van der Waals surface area contributed by atoms with E-state index in [1.165, 1.54) is 24.8 Å². The minimum absolute atomic E-state index is 0.0222. The van der Waals surface area contributed by atoms with Gasteiger partial charge in [0.15, 0.2) is 0 Å². The first kappa shape index (κ1) is 18.4. The standard InChI is InChI=1S/C20H34N4O/c1-5-20(2,3)15-6-8-16(9-7-15)23-19(25)18-12-21-11-17(18)14-10-22-24(4)13-14/h10,13,15-18,21H,5-9,11-12H2,1-4H3,(H,23,25)/t15?,16?,17-,18+/m1/s1. The van der Waals surface area contributed by atoms with Crippen LogP contribution in [0.2, 0.25) is 0 Å². The lowest BCUT2D eigenvalue weighted by Crippen LogP contribution is -2.43. The Kier molecular flexibility index (Phi) is 5.52. The summed E-state index contributed by atoms with van der Waals surface area (Å²) in [6.07, 6.45) is 9.89. The van der Waals surface area contributed by atoms with E-state index in [-0.39, 0.29) is 17.7 Å². The van der Waals surface area contributed by atoms with Gasteiger partial charge in [-0.2, -0.15) is 5.10 Å². The maximum atomic E-state index is 12.9. The highest BCUT2D eigenvalue weighted by Gasteiger charge is 2.37. The van der Waals surface area contributed by atoms with Crippen molar-refractivity contribution in [2.75, 3.05) is 13.1 Å². The molecule has 1 amide bonds. The molecule has 0 radical (unpaired) electrons. The van der Waals surface area contributed by atoms with Gasteiger partial charge in [0.05, 0.1) is 12.1 Å². The van der Waals surface area contributed by atoms with Gasteiger partial charge in [-0.05, 0) is 42.6 Å². The van der Waals surface area contributed by atoms with Crippen molar-refractivity contribution >= 4 is 5.91 Å².